The van der Waals surface area contributed by atoms with Crippen LogP contribution in [0.5, 0.6) is 29.0 Å². The van der Waals surface area contributed by atoms with E-state index in [0.717, 1.165) is 0 Å². The highest BCUT2D eigenvalue weighted by Gasteiger charge is 2.25. The van der Waals surface area contributed by atoms with Crippen LogP contribution in [0.25, 0.3) is 0 Å². The number of carbonyl (C=O) groups excluding carboxylic acids is 1. The van der Waals surface area contributed by atoms with Crippen molar-refractivity contribution in [3.63, 3.8) is 0 Å². The summed E-state index contributed by atoms with van der Waals surface area (Å²) in [5.41, 5.74) is 0.490. The van der Waals surface area contributed by atoms with Crippen molar-refractivity contribution in [2.75, 3.05) is 61.7 Å². The molecule has 0 radical (unpaired) electrons. The van der Waals surface area contributed by atoms with Crippen LogP contribution < -0.4 is 23.7 Å². The lowest BCUT2D eigenvalue weighted by atomic mass is 10.1. The molecule has 0 spiro atoms. The summed E-state index contributed by atoms with van der Waals surface area (Å²) < 4.78 is 26.5. The molecular weight excluding hydrogens is 404 g/mol. The van der Waals surface area contributed by atoms with E-state index in [9.17, 15) is 4.79 Å². The lowest BCUT2D eigenvalue weighted by molar-refractivity contribution is 0.0624. The van der Waals surface area contributed by atoms with Crippen LogP contribution in [0.4, 0.5) is 0 Å². The fraction of sp³-hybridized carbons (Fsp3) is 0.476. The first-order valence-corrected chi connectivity index (χ1v) is 9.80. The minimum atomic E-state index is -0.0850. The van der Waals surface area contributed by atoms with Crippen molar-refractivity contribution in [1.82, 2.24) is 19.8 Å². The second kappa shape index (κ2) is 10.2. The molecule has 2 heterocycles. The largest absolute Gasteiger partial charge is 0.493 e. The molecule has 1 aromatic heterocycles. The van der Waals surface area contributed by atoms with Gasteiger partial charge in [-0.05, 0) is 12.1 Å². The van der Waals surface area contributed by atoms with Crippen molar-refractivity contribution in [3.05, 3.63) is 29.6 Å². The van der Waals surface area contributed by atoms with Crippen LogP contribution in [0.2, 0.25) is 0 Å². The van der Waals surface area contributed by atoms with E-state index in [1.54, 1.807) is 32.4 Å². The Kier molecular flexibility index (Phi) is 7.35. The van der Waals surface area contributed by atoms with E-state index in [4.69, 9.17) is 23.7 Å². The van der Waals surface area contributed by atoms with Crippen molar-refractivity contribution >= 4 is 5.91 Å². The predicted octanol–water partition coefficient (Wildman–Crippen LogP) is 1.48. The first kappa shape index (κ1) is 22.4. The number of methoxy groups -OCH3 is 5. The molecule has 2 aromatic rings. The van der Waals surface area contributed by atoms with E-state index < -0.39 is 0 Å². The van der Waals surface area contributed by atoms with Crippen LogP contribution in [0.1, 0.15) is 16.2 Å². The molecule has 1 aliphatic rings. The SMILES string of the molecule is COc1cc(OC)nc(CN2CCN(C(=O)c3cc(OC)c(OC)c(OC)c3)CC2)n1. The Hall–Kier alpha value is -3.27. The van der Waals surface area contributed by atoms with E-state index in [1.165, 1.54) is 21.3 Å². The molecule has 0 bridgehead atoms. The third-order valence-electron chi connectivity index (χ3n) is 5.08. The zero-order chi connectivity index (χ0) is 22.4. The molecule has 1 saturated heterocycles. The summed E-state index contributed by atoms with van der Waals surface area (Å²) in [6.45, 7) is 3.09. The van der Waals surface area contributed by atoms with Gasteiger partial charge in [0, 0.05) is 31.7 Å². The molecule has 0 atom stereocenters. The van der Waals surface area contributed by atoms with Gasteiger partial charge in [0.05, 0.1) is 48.2 Å². The highest BCUT2D eigenvalue weighted by molar-refractivity contribution is 5.95. The molecule has 0 saturated carbocycles. The van der Waals surface area contributed by atoms with E-state index >= 15 is 0 Å². The van der Waals surface area contributed by atoms with Crippen molar-refractivity contribution in [2.24, 2.45) is 0 Å². The van der Waals surface area contributed by atoms with Gasteiger partial charge < -0.3 is 28.6 Å². The smallest absolute Gasteiger partial charge is 0.254 e. The molecule has 1 aliphatic heterocycles. The quantitative estimate of drug-likeness (QED) is 0.614. The molecule has 168 valence electrons. The van der Waals surface area contributed by atoms with E-state index in [0.29, 0.717) is 73.1 Å². The standard InChI is InChI=1S/C21H28N4O6/c1-27-15-10-14(11-16(28-2)20(15)31-5)21(26)25-8-6-24(7-9-25)13-17-22-18(29-3)12-19(23-17)30-4/h10-12H,6-9,13H2,1-5H3. The Labute approximate surface area is 181 Å². The van der Waals surface area contributed by atoms with Crippen LogP contribution in [0.3, 0.4) is 0 Å². The molecule has 31 heavy (non-hydrogen) atoms. The Bertz CT molecular complexity index is 867. The van der Waals surface area contributed by atoms with Crippen LogP contribution in [0, 0.1) is 0 Å². The number of hydrogen-bond donors (Lipinski definition) is 0. The number of benzene rings is 1. The molecule has 1 fully saturated rings. The van der Waals surface area contributed by atoms with Crippen molar-refractivity contribution < 1.29 is 28.5 Å². The summed E-state index contributed by atoms with van der Waals surface area (Å²) in [6.07, 6.45) is 0. The fourth-order valence-corrected chi connectivity index (χ4v) is 3.43. The maximum Gasteiger partial charge on any atom is 0.254 e. The fourth-order valence-electron chi connectivity index (χ4n) is 3.43. The summed E-state index contributed by atoms with van der Waals surface area (Å²) in [5.74, 6) is 2.80. The monoisotopic (exact) mass is 432 g/mol. The Balaban J connectivity index is 1.66. The molecule has 1 amide bonds. The molecule has 1 aromatic carbocycles. The first-order valence-electron chi connectivity index (χ1n) is 9.80. The Morgan fingerprint density at radius 1 is 0.806 bits per heavy atom. The third kappa shape index (κ3) is 5.08. The molecule has 3 rings (SSSR count). The van der Waals surface area contributed by atoms with Gasteiger partial charge in [-0.15, -0.1) is 0 Å². The van der Waals surface area contributed by atoms with Crippen molar-refractivity contribution in [1.29, 1.82) is 0 Å². The lowest BCUT2D eigenvalue weighted by Gasteiger charge is -2.34. The number of carbonyl (C=O) groups is 1. The van der Waals surface area contributed by atoms with Crippen LogP contribution in [-0.2, 0) is 6.54 Å². The summed E-state index contributed by atoms with van der Waals surface area (Å²) in [6, 6.07) is 4.98. The second-order valence-electron chi connectivity index (χ2n) is 6.85. The predicted molar refractivity (Wildman–Crippen MR) is 112 cm³/mol. The highest BCUT2D eigenvalue weighted by Crippen LogP contribution is 2.38. The van der Waals surface area contributed by atoms with E-state index in [2.05, 4.69) is 14.9 Å². The topological polar surface area (TPSA) is 95.5 Å². The summed E-state index contributed by atoms with van der Waals surface area (Å²) in [7, 11) is 7.70. The first-order chi connectivity index (χ1) is 15.0. The normalized spacial score (nSPS) is 14.2. The highest BCUT2D eigenvalue weighted by atomic mass is 16.5. The van der Waals surface area contributed by atoms with Gasteiger partial charge in [-0.25, -0.2) is 0 Å². The van der Waals surface area contributed by atoms with Gasteiger partial charge in [0.1, 0.15) is 5.82 Å². The lowest BCUT2D eigenvalue weighted by Crippen LogP contribution is -2.48. The average Bonchev–Trinajstić information content (AvgIpc) is 2.82. The average molecular weight is 432 g/mol. The number of hydrogen-bond acceptors (Lipinski definition) is 9. The van der Waals surface area contributed by atoms with Gasteiger partial charge in [0.15, 0.2) is 11.5 Å². The van der Waals surface area contributed by atoms with Crippen molar-refractivity contribution in [3.8, 4) is 29.0 Å². The minimum Gasteiger partial charge on any atom is -0.493 e. The van der Waals surface area contributed by atoms with Gasteiger partial charge in [-0.1, -0.05) is 0 Å². The number of aromatic nitrogens is 2. The number of amides is 1. The number of nitrogens with zero attached hydrogens (tertiary/aromatic N) is 4. The zero-order valence-corrected chi connectivity index (χ0v) is 18.5. The van der Waals surface area contributed by atoms with Crippen molar-refractivity contribution in [2.45, 2.75) is 6.54 Å². The second-order valence-corrected chi connectivity index (χ2v) is 6.85. The van der Waals surface area contributed by atoms with Crippen LogP contribution in [-0.4, -0.2) is 87.4 Å². The molecule has 0 unspecified atom stereocenters. The third-order valence-corrected chi connectivity index (χ3v) is 5.08. The summed E-state index contributed by atoms with van der Waals surface area (Å²) in [4.78, 5) is 25.8. The van der Waals surface area contributed by atoms with Gasteiger partial charge >= 0.3 is 0 Å². The number of rotatable bonds is 8. The Morgan fingerprint density at radius 2 is 1.35 bits per heavy atom. The van der Waals surface area contributed by atoms with Crippen LogP contribution in [0.15, 0.2) is 18.2 Å². The maximum atomic E-state index is 13.1. The minimum absolute atomic E-state index is 0.0850. The number of ether oxygens (including phenoxy) is 5. The molecule has 10 nitrogen and oxygen atoms in total. The summed E-state index contributed by atoms with van der Waals surface area (Å²) >= 11 is 0. The molecular formula is C21H28N4O6. The Morgan fingerprint density at radius 3 is 1.81 bits per heavy atom. The van der Waals surface area contributed by atoms with Gasteiger partial charge in [-0.2, -0.15) is 9.97 Å². The molecule has 10 heteroatoms. The van der Waals surface area contributed by atoms with Gasteiger partial charge in [0.25, 0.3) is 5.91 Å². The van der Waals surface area contributed by atoms with Crippen LogP contribution >= 0.6 is 0 Å². The maximum absolute atomic E-state index is 13.1. The van der Waals surface area contributed by atoms with E-state index in [1.807, 2.05) is 4.90 Å². The number of piperazine rings is 1. The zero-order valence-electron chi connectivity index (χ0n) is 18.5. The molecule has 0 aliphatic carbocycles. The van der Waals surface area contributed by atoms with E-state index in [-0.39, 0.29) is 5.91 Å². The van der Waals surface area contributed by atoms with Gasteiger partial charge in [0.2, 0.25) is 17.5 Å². The molecule has 0 N–H and O–H groups in total. The summed E-state index contributed by atoms with van der Waals surface area (Å²) in [5, 5.41) is 0. The van der Waals surface area contributed by atoms with Gasteiger partial charge in [-0.3, -0.25) is 9.69 Å².